The summed E-state index contributed by atoms with van der Waals surface area (Å²) in [5.41, 5.74) is 3.13. The van der Waals surface area contributed by atoms with Gasteiger partial charge in [-0.1, -0.05) is 35.0 Å². The van der Waals surface area contributed by atoms with E-state index in [2.05, 4.69) is 22.9 Å². The maximum absolute atomic E-state index is 12.5. The Morgan fingerprint density at radius 2 is 1.90 bits per heavy atom. The van der Waals surface area contributed by atoms with Gasteiger partial charge >= 0.3 is 5.97 Å². The number of nitrogens with zero attached hydrogens (tertiary/aromatic N) is 3. The first-order valence-corrected chi connectivity index (χ1v) is 10.4. The van der Waals surface area contributed by atoms with E-state index in [0.29, 0.717) is 40.0 Å². The number of nitriles is 1. The van der Waals surface area contributed by atoms with Gasteiger partial charge < -0.3 is 4.74 Å². The molecule has 0 N–H and O–H groups in total. The highest BCUT2D eigenvalue weighted by molar-refractivity contribution is 6.36. The van der Waals surface area contributed by atoms with E-state index in [1.54, 1.807) is 25.1 Å². The molecule has 0 saturated heterocycles. The third-order valence-corrected chi connectivity index (χ3v) is 5.02. The Labute approximate surface area is 191 Å². The lowest BCUT2D eigenvalue weighted by Gasteiger charge is -2.12. The van der Waals surface area contributed by atoms with Gasteiger partial charge in [0.1, 0.15) is 5.82 Å². The number of unbranched alkanes of at least 4 members (excludes halogenated alkanes) is 1. The van der Waals surface area contributed by atoms with Crippen LogP contribution in [-0.2, 0) is 4.74 Å². The van der Waals surface area contributed by atoms with Crippen molar-refractivity contribution in [2.75, 3.05) is 6.61 Å². The topological polar surface area (TPSA) is 67.9 Å². The molecule has 2 aromatic carbocycles. The number of imidazole rings is 1. The Morgan fingerprint density at radius 1 is 1.16 bits per heavy atom. The highest BCUT2D eigenvalue weighted by Crippen LogP contribution is 2.33. The van der Waals surface area contributed by atoms with Crippen molar-refractivity contribution in [3.05, 3.63) is 69.5 Å². The number of hydrogen-bond acceptors (Lipinski definition) is 4. The first-order valence-electron chi connectivity index (χ1n) is 9.64. The molecule has 0 unspecified atom stereocenters. The number of halogens is 2. The predicted octanol–water partition coefficient (Wildman–Crippen LogP) is 5.99. The predicted molar refractivity (Wildman–Crippen MR) is 121 cm³/mol. The summed E-state index contributed by atoms with van der Waals surface area (Å²) in [5.74, 6) is 6.03. The van der Waals surface area contributed by atoms with E-state index in [0.717, 1.165) is 11.3 Å². The number of hydrogen-bond donors (Lipinski definition) is 0. The zero-order valence-electron chi connectivity index (χ0n) is 17.1. The molecule has 0 aliphatic rings. The molecule has 0 aliphatic heterocycles. The molecule has 0 fully saturated rings. The Bertz CT molecular complexity index is 1210. The highest BCUT2D eigenvalue weighted by Gasteiger charge is 2.23. The third kappa shape index (κ3) is 5.09. The van der Waals surface area contributed by atoms with Gasteiger partial charge in [-0.05, 0) is 56.3 Å². The molecule has 1 heterocycles. The summed E-state index contributed by atoms with van der Waals surface area (Å²) in [6.07, 6.45) is 0.933. The van der Waals surface area contributed by atoms with E-state index in [1.807, 2.05) is 35.8 Å². The zero-order chi connectivity index (χ0) is 22.4. The summed E-state index contributed by atoms with van der Waals surface area (Å²) < 4.78 is 7.03. The van der Waals surface area contributed by atoms with Crippen LogP contribution in [-0.4, -0.2) is 22.1 Å². The van der Waals surface area contributed by atoms with Crippen LogP contribution in [0.1, 0.15) is 41.5 Å². The lowest BCUT2D eigenvalue weighted by molar-refractivity contribution is 0.0519. The number of benzene rings is 2. The number of esters is 1. The molecule has 5 nitrogen and oxygen atoms in total. The fraction of sp³-hybridized carbons (Fsp3) is 0.208. The molecule has 0 radical (unpaired) electrons. The largest absolute Gasteiger partial charge is 0.461 e. The summed E-state index contributed by atoms with van der Waals surface area (Å²) in [6.45, 7) is 3.81. The number of carbonyl (C=O) groups is 1. The second-order valence-corrected chi connectivity index (χ2v) is 7.40. The van der Waals surface area contributed by atoms with Gasteiger partial charge in [0.2, 0.25) is 0 Å². The molecule has 7 heteroatoms. The lowest BCUT2D eigenvalue weighted by Crippen LogP contribution is -2.07. The second kappa shape index (κ2) is 10.2. The SMILES string of the molecule is CCOC(=O)c1nc(-c2ccc(Cl)cc2Cl)n(-c2ccc(C#CCCC#N)cc2)c1C. The van der Waals surface area contributed by atoms with E-state index >= 15 is 0 Å². The van der Waals surface area contributed by atoms with Crippen LogP contribution in [0.3, 0.4) is 0 Å². The van der Waals surface area contributed by atoms with Gasteiger partial charge in [-0.15, -0.1) is 0 Å². The fourth-order valence-electron chi connectivity index (χ4n) is 3.04. The molecule has 0 amide bonds. The minimum absolute atomic E-state index is 0.225. The molecule has 1 aromatic heterocycles. The first-order chi connectivity index (χ1) is 15.0. The standard InChI is InChI=1S/C24H19Cl2N3O2/c1-3-31-24(30)22-16(2)29(23(28-22)20-13-10-18(25)15-21(20)26)19-11-8-17(9-12-19)7-5-4-6-14-27/h8-13,15H,3-4,6H2,1-2H3. The maximum atomic E-state index is 12.5. The van der Waals surface area contributed by atoms with E-state index in [9.17, 15) is 4.79 Å². The molecule has 0 spiro atoms. The van der Waals surface area contributed by atoms with Crippen LogP contribution in [0.4, 0.5) is 0 Å². The van der Waals surface area contributed by atoms with Crippen molar-refractivity contribution in [2.45, 2.75) is 26.7 Å². The Kier molecular flexibility index (Phi) is 7.36. The average molecular weight is 452 g/mol. The van der Waals surface area contributed by atoms with Crippen LogP contribution in [0.25, 0.3) is 17.1 Å². The lowest BCUT2D eigenvalue weighted by atomic mass is 10.1. The summed E-state index contributed by atoms with van der Waals surface area (Å²) >= 11 is 12.5. The second-order valence-electron chi connectivity index (χ2n) is 6.56. The molecule has 0 aliphatic carbocycles. The van der Waals surface area contributed by atoms with Gasteiger partial charge in [0, 0.05) is 34.7 Å². The van der Waals surface area contributed by atoms with Gasteiger partial charge in [0.25, 0.3) is 0 Å². The Morgan fingerprint density at radius 3 is 2.55 bits per heavy atom. The van der Waals surface area contributed by atoms with Crippen LogP contribution in [0.5, 0.6) is 0 Å². The summed E-state index contributed by atoms with van der Waals surface area (Å²) in [6, 6.07) is 14.8. The van der Waals surface area contributed by atoms with Crippen molar-refractivity contribution in [3.63, 3.8) is 0 Å². The number of carbonyl (C=O) groups excluding carboxylic acids is 1. The van der Waals surface area contributed by atoms with Crippen molar-refractivity contribution in [3.8, 4) is 35.0 Å². The average Bonchev–Trinajstić information content (AvgIpc) is 3.09. The molecule has 3 aromatic rings. The van der Waals surface area contributed by atoms with Crippen LogP contribution in [0, 0.1) is 30.1 Å². The van der Waals surface area contributed by atoms with E-state index < -0.39 is 5.97 Å². The van der Waals surface area contributed by atoms with Crippen molar-refractivity contribution < 1.29 is 9.53 Å². The molecular weight excluding hydrogens is 433 g/mol. The van der Waals surface area contributed by atoms with Crippen molar-refractivity contribution in [2.24, 2.45) is 0 Å². The molecule has 3 rings (SSSR count). The van der Waals surface area contributed by atoms with E-state index in [4.69, 9.17) is 33.2 Å². The quantitative estimate of drug-likeness (QED) is 0.271. The molecule has 156 valence electrons. The summed E-state index contributed by atoms with van der Waals surface area (Å²) in [4.78, 5) is 17.0. The Balaban J connectivity index is 2.10. The monoisotopic (exact) mass is 451 g/mol. The summed E-state index contributed by atoms with van der Waals surface area (Å²) in [5, 5.41) is 9.54. The highest BCUT2D eigenvalue weighted by atomic mass is 35.5. The number of rotatable bonds is 5. The van der Waals surface area contributed by atoms with Crippen molar-refractivity contribution in [1.29, 1.82) is 5.26 Å². The van der Waals surface area contributed by atoms with Crippen LogP contribution in [0.2, 0.25) is 10.0 Å². The molecule has 31 heavy (non-hydrogen) atoms. The van der Waals surface area contributed by atoms with Crippen LogP contribution < -0.4 is 0 Å². The van der Waals surface area contributed by atoms with Gasteiger partial charge in [0.15, 0.2) is 5.69 Å². The van der Waals surface area contributed by atoms with Crippen LogP contribution >= 0.6 is 23.2 Å². The normalized spacial score (nSPS) is 10.2. The zero-order valence-corrected chi connectivity index (χ0v) is 18.6. The van der Waals surface area contributed by atoms with Crippen LogP contribution in [0.15, 0.2) is 42.5 Å². The Hall–Kier alpha value is -3.25. The fourth-order valence-corrected chi connectivity index (χ4v) is 3.53. The smallest absolute Gasteiger partial charge is 0.358 e. The molecule has 0 saturated carbocycles. The van der Waals surface area contributed by atoms with Crippen molar-refractivity contribution in [1.82, 2.24) is 9.55 Å². The molecular formula is C24H19Cl2N3O2. The number of ether oxygens (including phenoxy) is 1. The maximum Gasteiger partial charge on any atom is 0.358 e. The third-order valence-electron chi connectivity index (χ3n) is 4.47. The van der Waals surface area contributed by atoms with Crippen molar-refractivity contribution >= 4 is 29.2 Å². The van der Waals surface area contributed by atoms with Gasteiger partial charge in [-0.2, -0.15) is 5.26 Å². The van der Waals surface area contributed by atoms with Gasteiger partial charge in [-0.25, -0.2) is 9.78 Å². The molecule has 0 bridgehead atoms. The molecule has 0 atom stereocenters. The first kappa shape index (κ1) is 22.4. The minimum atomic E-state index is -0.495. The van der Waals surface area contributed by atoms with E-state index in [1.165, 1.54) is 0 Å². The number of aromatic nitrogens is 2. The van der Waals surface area contributed by atoms with E-state index in [-0.39, 0.29) is 12.3 Å². The summed E-state index contributed by atoms with van der Waals surface area (Å²) in [7, 11) is 0. The van der Waals surface area contributed by atoms with Gasteiger partial charge in [0.05, 0.1) is 23.4 Å². The minimum Gasteiger partial charge on any atom is -0.461 e. The van der Waals surface area contributed by atoms with Gasteiger partial charge in [-0.3, -0.25) is 4.57 Å².